The first-order chi connectivity index (χ1) is 21.7. The van der Waals surface area contributed by atoms with Crippen molar-refractivity contribution in [2.45, 2.75) is 23.3 Å². The average molecular weight is 642 g/mol. The van der Waals surface area contributed by atoms with E-state index in [-0.39, 0.29) is 22.1 Å². The van der Waals surface area contributed by atoms with Crippen molar-refractivity contribution in [2.75, 3.05) is 42.3 Å². The third kappa shape index (κ3) is 5.91. The van der Waals surface area contributed by atoms with Gasteiger partial charge in [-0.25, -0.2) is 18.2 Å². The highest BCUT2D eigenvalue weighted by molar-refractivity contribution is 7.93. The molecule has 9 nitrogen and oxygen atoms in total. The number of carbonyl (C=O) groups is 1. The summed E-state index contributed by atoms with van der Waals surface area (Å²) in [5.74, 6) is -0.0303. The molecule has 0 aliphatic carbocycles. The van der Waals surface area contributed by atoms with Gasteiger partial charge in [0.25, 0.3) is 10.0 Å². The van der Waals surface area contributed by atoms with Gasteiger partial charge in [0, 0.05) is 60.5 Å². The summed E-state index contributed by atoms with van der Waals surface area (Å²) in [4.78, 5) is 26.0. The van der Waals surface area contributed by atoms with Crippen LogP contribution in [0.3, 0.4) is 0 Å². The van der Waals surface area contributed by atoms with E-state index in [4.69, 9.17) is 16.3 Å². The number of nitrogens with one attached hydrogen (secondary N) is 1. The molecule has 2 atom stereocenters. The summed E-state index contributed by atoms with van der Waals surface area (Å²) in [7, 11) is 1.25. The quantitative estimate of drug-likeness (QED) is 0.154. The van der Waals surface area contributed by atoms with Gasteiger partial charge in [-0.2, -0.15) is 4.98 Å². The van der Waals surface area contributed by atoms with Gasteiger partial charge < -0.3 is 14.5 Å². The monoisotopic (exact) mass is 641 g/mol. The predicted molar refractivity (Wildman–Crippen MR) is 179 cm³/mol. The van der Waals surface area contributed by atoms with E-state index in [0.29, 0.717) is 41.0 Å². The maximum Gasteiger partial charge on any atom is 0.329 e. The van der Waals surface area contributed by atoms with Gasteiger partial charge >= 0.3 is 5.97 Å². The molecular formula is C34H32ClN5O4S. The van der Waals surface area contributed by atoms with Crippen molar-refractivity contribution in [2.24, 2.45) is 0 Å². The summed E-state index contributed by atoms with van der Waals surface area (Å²) in [5, 5.41) is 1.49. The summed E-state index contributed by atoms with van der Waals surface area (Å²) in [5.41, 5.74) is 3.57. The fourth-order valence-electron chi connectivity index (χ4n) is 6.12. The second kappa shape index (κ2) is 12.4. The van der Waals surface area contributed by atoms with Crippen molar-refractivity contribution < 1.29 is 17.9 Å². The first-order valence-corrected chi connectivity index (χ1v) is 16.3. The molecule has 1 aliphatic rings. The summed E-state index contributed by atoms with van der Waals surface area (Å²) < 4.78 is 35.5. The van der Waals surface area contributed by atoms with Gasteiger partial charge in [-0.05, 0) is 53.4 Å². The second-order valence-corrected chi connectivity index (χ2v) is 13.0. The number of sulfonamides is 1. The molecule has 6 rings (SSSR count). The molecule has 0 saturated carbocycles. The molecule has 0 spiro atoms. The van der Waals surface area contributed by atoms with E-state index in [1.165, 1.54) is 7.11 Å². The third-order valence-electron chi connectivity index (χ3n) is 8.14. The Morgan fingerprint density at radius 2 is 1.71 bits per heavy atom. The lowest BCUT2D eigenvalue weighted by Crippen LogP contribution is -2.40. The van der Waals surface area contributed by atoms with Crippen LogP contribution in [0.1, 0.15) is 17.9 Å². The number of halogens is 1. The number of benzene rings is 4. The van der Waals surface area contributed by atoms with Crippen LogP contribution in [0.2, 0.25) is 5.28 Å². The largest absolute Gasteiger partial charge is 0.467 e. The Morgan fingerprint density at radius 3 is 2.47 bits per heavy atom. The highest BCUT2D eigenvalue weighted by Crippen LogP contribution is 2.41. The van der Waals surface area contributed by atoms with Crippen molar-refractivity contribution >= 4 is 55.6 Å². The zero-order valence-corrected chi connectivity index (χ0v) is 26.6. The summed E-state index contributed by atoms with van der Waals surface area (Å²) in [6.07, 6.45) is 2.29. The molecule has 1 saturated heterocycles. The Hall–Kier alpha value is -4.67. The Morgan fingerprint density at radius 1 is 0.978 bits per heavy atom. The van der Waals surface area contributed by atoms with Gasteiger partial charge in [0.1, 0.15) is 11.9 Å². The van der Waals surface area contributed by atoms with Crippen molar-refractivity contribution in [1.82, 2.24) is 9.97 Å². The van der Waals surface area contributed by atoms with Gasteiger partial charge in [-0.1, -0.05) is 66.7 Å². The molecule has 2 unspecified atom stereocenters. The SMILES string of the molecule is COC(=O)C1C(c2ccccc2)CCN1c1nc(Cl)ncc1-c1cccc(NS(=O)(=O)c2cccc3c(N(C)C)cccc23)c1. The lowest BCUT2D eigenvalue weighted by Gasteiger charge is -2.28. The Kier molecular flexibility index (Phi) is 8.35. The van der Waals surface area contributed by atoms with Crippen LogP contribution in [0.5, 0.6) is 0 Å². The molecule has 5 aromatic rings. The first-order valence-electron chi connectivity index (χ1n) is 14.4. The number of methoxy groups -OCH3 is 1. The molecular weight excluding hydrogens is 610 g/mol. The van der Waals surface area contributed by atoms with Crippen LogP contribution >= 0.6 is 11.6 Å². The van der Waals surface area contributed by atoms with Crippen molar-refractivity contribution in [3.8, 4) is 11.1 Å². The minimum absolute atomic E-state index is 0.0328. The molecule has 45 heavy (non-hydrogen) atoms. The van der Waals surface area contributed by atoms with Crippen LogP contribution in [-0.4, -0.2) is 58.1 Å². The lowest BCUT2D eigenvalue weighted by molar-refractivity contribution is -0.142. The number of anilines is 3. The maximum absolute atomic E-state index is 13.8. The van der Waals surface area contributed by atoms with Crippen LogP contribution in [0.15, 0.2) is 102 Å². The molecule has 1 N–H and O–H groups in total. The number of aromatic nitrogens is 2. The number of ether oxygens (including phenoxy) is 1. The molecule has 0 amide bonds. The van der Waals surface area contributed by atoms with Crippen molar-refractivity contribution in [3.63, 3.8) is 0 Å². The summed E-state index contributed by atoms with van der Waals surface area (Å²) in [6, 6.07) is 27.1. The molecule has 4 aromatic carbocycles. The number of hydrogen-bond acceptors (Lipinski definition) is 8. The summed E-state index contributed by atoms with van der Waals surface area (Å²) >= 11 is 6.30. The number of rotatable bonds is 8. The first kappa shape index (κ1) is 30.4. The number of hydrogen-bond donors (Lipinski definition) is 1. The normalized spacial score (nSPS) is 16.5. The Labute approximate surface area is 267 Å². The van der Waals surface area contributed by atoms with E-state index in [1.807, 2.05) is 78.5 Å². The zero-order valence-electron chi connectivity index (χ0n) is 25.0. The van der Waals surface area contributed by atoms with Crippen molar-refractivity contribution in [1.29, 1.82) is 0 Å². The molecule has 230 valence electrons. The van der Waals surface area contributed by atoms with E-state index in [2.05, 4.69) is 14.7 Å². The molecule has 0 radical (unpaired) electrons. The summed E-state index contributed by atoms with van der Waals surface area (Å²) in [6.45, 7) is 0.530. The number of fused-ring (bicyclic) bond motifs is 1. The highest BCUT2D eigenvalue weighted by atomic mass is 35.5. The zero-order chi connectivity index (χ0) is 31.7. The van der Waals surface area contributed by atoms with Crippen molar-refractivity contribution in [3.05, 3.63) is 108 Å². The highest BCUT2D eigenvalue weighted by Gasteiger charge is 2.42. The predicted octanol–water partition coefficient (Wildman–Crippen LogP) is 6.35. The van der Waals surface area contributed by atoms with E-state index < -0.39 is 16.1 Å². The van der Waals surface area contributed by atoms with Crippen LogP contribution in [0.25, 0.3) is 21.9 Å². The molecule has 11 heteroatoms. The Balaban J connectivity index is 1.37. The number of esters is 1. The van der Waals surface area contributed by atoms with Gasteiger partial charge in [0.15, 0.2) is 0 Å². The van der Waals surface area contributed by atoms with Crippen LogP contribution < -0.4 is 14.5 Å². The van der Waals surface area contributed by atoms with Crippen LogP contribution in [-0.2, 0) is 19.6 Å². The van der Waals surface area contributed by atoms with Gasteiger partial charge in [-0.3, -0.25) is 4.72 Å². The molecule has 0 bridgehead atoms. The fourth-order valence-corrected chi connectivity index (χ4v) is 7.52. The third-order valence-corrected chi connectivity index (χ3v) is 9.76. The Bertz CT molecular complexity index is 1990. The smallest absolute Gasteiger partial charge is 0.329 e. The van der Waals surface area contributed by atoms with Gasteiger partial charge in [-0.15, -0.1) is 0 Å². The van der Waals surface area contributed by atoms with E-state index >= 15 is 0 Å². The fraction of sp³-hybridized carbons (Fsp3) is 0.206. The minimum Gasteiger partial charge on any atom is -0.467 e. The second-order valence-electron chi connectivity index (χ2n) is 11.1. The number of carbonyl (C=O) groups excluding carboxylic acids is 1. The van der Waals surface area contributed by atoms with Crippen LogP contribution in [0, 0.1) is 0 Å². The molecule has 1 aliphatic heterocycles. The molecule has 2 heterocycles. The standard InChI is InChI=1S/C34H32ClN5O4S/c1-39(2)29-16-8-15-27-26(29)14-9-17-30(27)45(42,43)38-24-13-7-12-23(20-24)28-21-36-34(35)37-32(28)40-19-18-25(31(40)33(41)44-3)22-10-5-4-6-11-22/h4-17,20-21,25,31,38H,18-19H2,1-3H3. The topological polar surface area (TPSA) is 105 Å². The van der Waals surface area contributed by atoms with E-state index in [1.54, 1.807) is 42.6 Å². The lowest BCUT2D eigenvalue weighted by atomic mass is 9.91. The maximum atomic E-state index is 13.8. The number of nitrogens with zero attached hydrogens (tertiary/aromatic N) is 4. The minimum atomic E-state index is -3.97. The van der Waals surface area contributed by atoms with Gasteiger partial charge in [0.05, 0.1) is 12.0 Å². The average Bonchev–Trinajstić information content (AvgIpc) is 3.49. The van der Waals surface area contributed by atoms with Crippen LogP contribution in [0.4, 0.5) is 17.2 Å². The van der Waals surface area contributed by atoms with E-state index in [9.17, 15) is 13.2 Å². The molecule has 1 aromatic heterocycles. The van der Waals surface area contributed by atoms with E-state index in [0.717, 1.165) is 16.6 Å². The molecule has 1 fully saturated rings. The van der Waals surface area contributed by atoms with Gasteiger partial charge in [0.2, 0.25) is 5.28 Å².